The van der Waals surface area contributed by atoms with Crippen LogP contribution in [0, 0.1) is 3.57 Å². The summed E-state index contributed by atoms with van der Waals surface area (Å²) >= 11 is 2.18. The minimum Gasteiger partial charge on any atom is -0.506 e. The molecule has 0 aliphatic carbocycles. The van der Waals surface area contributed by atoms with Crippen molar-refractivity contribution in [1.29, 1.82) is 0 Å². The molecule has 0 atom stereocenters. The van der Waals surface area contributed by atoms with Crippen molar-refractivity contribution < 1.29 is 14.7 Å². The molecule has 1 saturated heterocycles. The van der Waals surface area contributed by atoms with Gasteiger partial charge in [-0.2, -0.15) is 0 Å². The summed E-state index contributed by atoms with van der Waals surface area (Å²) in [7, 11) is 0. The number of rotatable bonds is 5. The Labute approximate surface area is 171 Å². The zero-order valence-corrected chi connectivity index (χ0v) is 17.2. The van der Waals surface area contributed by atoms with Crippen molar-refractivity contribution in [2.45, 2.75) is 13.8 Å². The second kappa shape index (κ2) is 7.99. The second-order valence-electron chi connectivity index (χ2n) is 6.00. The van der Waals surface area contributed by atoms with Crippen molar-refractivity contribution in [3.05, 3.63) is 57.2 Å². The van der Waals surface area contributed by atoms with Crippen LogP contribution < -0.4 is 15.3 Å². The Hall–Kier alpha value is -2.55. The lowest BCUT2D eigenvalue weighted by Gasteiger charge is -2.24. The van der Waals surface area contributed by atoms with Gasteiger partial charge in [-0.3, -0.25) is 15.0 Å². The van der Waals surface area contributed by atoms with Gasteiger partial charge in [-0.25, -0.2) is 5.01 Å². The van der Waals surface area contributed by atoms with Crippen LogP contribution in [-0.2, 0) is 9.59 Å². The first-order chi connectivity index (χ1) is 13.0. The highest BCUT2D eigenvalue weighted by Gasteiger charge is 2.34. The first-order valence-corrected chi connectivity index (χ1v) is 9.73. The molecule has 2 N–H and O–H groups in total. The van der Waals surface area contributed by atoms with E-state index in [4.69, 9.17) is 0 Å². The lowest BCUT2D eigenvalue weighted by Crippen LogP contribution is -2.35. The predicted octanol–water partition coefficient (Wildman–Crippen LogP) is 3.30. The van der Waals surface area contributed by atoms with Crippen LogP contribution in [0.2, 0.25) is 0 Å². The van der Waals surface area contributed by atoms with E-state index in [1.54, 1.807) is 30.3 Å². The molecule has 27 heavy (non-hydrogen) atoms. The largest absolute Gasteiger partial charge is 0.506 e. The molecule has 1 fully saturated rings. The van der Waals surface area contributed by atoms with E-state index in [2.05, 4.69) is 28.0 Å². The van der Waals surface area contributed by atoms with Crippen LogP contribution >= 0.6 is 22.6 Å². The van der Waals surface area contributed by atoms with Crippen molar-refractivity contribution in [1.82, 2.24) is 5.43 Å². The van der Waals surface area contributed by atoms with Crippen LogP contribution in [0.15, 0.2) is 48.0 Å². The van der Waals surface area contributed by atoms with Crippen LogP contribution in [0.25, 0.3) is 6.08 Å². The Morgan fingerprint density at radius 2 is 1.78 bits per heavy atom. The van der Waals surface area contributed by atoms with Gasteiger partial charge in [0, 0.05) is 22.2 Å². The zero-order chi connectivity index (χ0) is 19.6. The van der Waals surface area contributed by atoms with Crippen molar-refractivity contribution in [2.75, 3.05) is 23.0 Å². The Morgan fingerprint density at radius 1 is 1.11 bits per heavy atom. The summed E-state index contributed by atoms with van der Waals surface area (Å²) in [6, 6.07) is 12.4. The highest BCUT2D eigenvalue weighted by molar-refractivity contribution is 14.1. The minimum atomic E-state index is -0.465. The van der Waals surface area contributed by atoms with Gasteiger partial charge in [0.1, 0.15) is 11.3 Å². The number of hydrazine groups is 1. The third-order valence-electron chi connectivity index (χ3n) is 4.40. The number of anilines is 2. The average Bonchev–Trinajstić information content (AvgIpc) is 2.93. The fourth-order valence-corrected chi connectivity index (χ4v) is 3.39. The number of hydrogen-bond donors (Lipinski definition) is 2. The molecule has 140 valence electrons. The molecule has 2 aromatic rings. The number of para-hydroxylation sites is 1. The molecule has 0 radical (unpaired) electrons. The van der Waals surface area contributed by atoms with Crippen LogP contribution in [0.3, 0.4) is 0 Å². The number of amides is 2. The Morgan fingerprint density at radius 3 is 2.41 bits per heavy atom. The summed E-state index contributed by atoms with van der Waals surface area (Å²) in [4.78, 5) is 27.2. The summed E-state index contributed by atoms with van der Waals surface area (Å²) < 4.78 is 1.04. The van der Waals surface area contributed by atoms with E-state index in [1.807, 2.05) is 30.9 Å². The Bertz CT molecular complexity index is 905. The number of hydrogen-bond acceptors (Lipinski definition) is 4. The second-order valence-corrected chi connectivity index (χ2v) is 7.25. The summed E-state index contributed by atoms with van der Waals surface area (Å²) in [6.45, 7) is 5.36. The lowest BCUT2D eigenvalue weighted by atomic mass is 10.1. The van der Waals surface area contributed by atoms with E-state index in [1.165, 1.54) is 11.1 Å². The number of nitrogens with one attached hydrogen (secondary N) is 1. The average molecular weight is 477 g/mol. The van der Waals surface area contributed by atoms with Crippen LogP contribution in [0.4, 0.5) is 11.4 Å². The number of phenols is 1. The molecule has 0 spiro atoms. The van der Waals surface area contributed by atoms with Gasteiger partial charge in [-0.1, -0.05) is 12.1 Å². The van der Waals surface area contributed by atoms with E-state index < -0.39 is 11.8 Å². The Kier molecular flexibility index (Phi) is 5.69. The quantitative estimate of drug-likeness (QED) is 0.394. The van der Waals surface area contributed by atoms with E-state index in [0.29, 0.717) is 30.0 Å². The van der Waals surface area contributed by atoms with Gasteiger partial charge in [0.2, 0.25) is 0 Å². The standard InChI is InChI=1S/C20H20IN3O3/c1-3-23(4-2)18-13(6-5-7-17(18)25)12-16-19(26)22-24(20(16)27)15-10-8-14(21)9-11-15/h5-12,25H,3-4H2,1-2H3,(H,22,26)/b16-12+. The van der Waals surface area contributed by atoms with Gasteiger partial charge < -0.3 is 10.0 Å². The first-order valence-electron chi connectivity index (χ1n) is 8.65. The maximum absolute atomic E-state index is 12.8. The number of aromatic hydroxyl groups is 1. The molecule has 1 aliphatic rings. The highest BCUT2D eigenvalue weighted by Crippen LogP contribution is 2.33. The summed E-state index contributed by atoms with van der Waals surface area (Å²) in [6.07, 6.45) is 1.54. The van der Waals surface area contributed by atoms with Gasteiger partial charge in [0.15, 0.2) is 0 Å². The van der Waals surface area contributed by atoms with Crippen molar-refractivity contribution in [3.63, 3.8) is 0 Å². The molecule has 0 bridgehead atoms. The SMILES string of the molecule is CCN(CC)c1c(O)cccc1/C=C1\C(=O)NN(c2ccc(I)cc2)C1=O. The molecule has 3 rings (SSSR count). The molecular weight excluding hydrogens is 457 g/mol. The first kappa shape index (κ1) is 19.2. The molecule has 2 amide bonds. The third kappa shape index (κ3) is 3.78. The minimum absolute atomic E-state index is 0.0348. The highest BCUT2D eigenvalue weighted by atomic mass is 127. The number of halogens is 1. The number of phenolic OH excluding ortho intramolecular Hbond substituents is 1. The van der Waals surface area contributed by atoms with E-state index in [0.717, 1.165) is 3.57 Å². The molecule has 7 heteroatoms. The van der Waals surface area contributed by atoms with Gasteiger partial charge in [0.25, 0.3) is 11.8 Å². The number of carbonyl (C=O) groups is 2. The van der Waals surface area contributed by atoms with Gasteiger partial charge in [-0.05, 0) is 72.8 Å². The van der Waals surface area contributed by atoms with Crippen LogP contribution in [0.5, 0.6) is 5.75 Å². The summed E-state index contributed by atoms with van der Waals surface area (Å²) in [5.74, 6) is -0.768. The maximum Gasteiger partial charge on any atom is 0.282 e. The molecule has 0 saturated carbocycles. The monoisotopic (exact) mass is 477 g/mol. The molecule has 1 aliphatic heterocycles. The smallest absolute Gasteiger partial charge is 0.282 e. The molecule has 0 unspecified atom stereocenters. The predicted molar refractivity (Wildman–Crippen MR) is 114 cm³/mol. The summed E-state index contributed by atoms with van der Waals surface area (Å²) in [5, 5.41) is 11.6. The maximum atomic E-state index is 12.8. The molecular formula is C20H20IN3O3. The van der Waals surface area contributed by atoms with Crippen molar-refractivity contribution in [3.8, 4) is 5.75 Å². The van der Waals surface area contributed by atoms with E-state index in [9.17, 15) is 14.7 Å². The van der Waals surface area contributed by atoms with Gasteiger partial charge in [-0.15, -0.1) is 0 Å². The molecule has 1 heterocycles. The number of benzene rings is 2. The van der Waals surface area contributed by atoms with Gasteiger partial charge >= 0.3 is 0 Å². The van der Waals surface area contributed by atoms with Crippen LogP contribution in [0.1, 0.15) is 19.4 Å². The lowest BCUT2D eigenvalue weighted by molar-refractivity contribution is -0.117. The topological polar surface area (TPSA) is 72.9 Å². The molecule has 6 nitrogen and oxygen atoms in total. The van der Waals surface area contributed by atoms with Crippen LogP contribution in [-0.4, -0.2) is 30.0 Å². The number of nitrogens with zero attached hydrogens (tertiary/aromatic N) is 2. The van der Waals surface area contributed by atoms with Crippen molar-refractivity contribution >= 4 is 51.9 Å². The fraction of sp³-hybridized carbons (Fsp3) is 0.200. The fourth-order valence-electron chi connectivity index (χ4n) is 3.03. The van der Waals surface area contributed by atoms with Gasteiger partial charge in [0.05, 0.1) is 11.4 Å². The molecule has 2 aromatic carbocycles. The van der Waals surface area contributed by atoms with E-state index in [-0.39, 0.29) is 11.3 Å². The van der Waals surface area contributed by atoms with Crippen molar-refractivity contribution in [2.24, 2.45) is 0 Å². The zero-order valence-electron chi connectivity index (χ0n) is 15.1. The third-order valence-corrected chi connectivity index (χ3v) is 5.12. The molecule has 0 aromatic heterocycles. The summed E-state index contributed by atoms with van der Waals surface area (Å²) in [5.41, 5.74) is 4.47. The normalized spacial score (nSPS) is 15.4. The number of carbonyl (C=O) groups excluding carboxylic acids is 2. The van der Waals surface area contributed by atoms with E-state index >= 15 is 0 Å². The Balaban J connectivity index is 2.01.